The third-order valence-corrected chi connectivity index (χ3v) is 5.76. The Morgan fingerprint density at radius 1 is 1.24 bits per heavy atom. The van der Waals surface area contributed by atoms with Crippen LogP contribution in [0, 0.1) is 5.92 Å². The number of H-pyrrole nitrogens is 1. The van der Waals surface area contributed by atoms with Gasteiger partial charge in [0.15, 0.2) is 0 Å². The molecule has 0 bridgehead atoms. The molecule has 0 fully saturated rings. The molecule has 1 aromatic carbocycles. The molecule has 0 aliphatic carbocycles. The third kappa shape index (κ3) is 6.60. The van der Waals surface area contributed by atoms with E-state index < -0.39 is 41.3 Å². The molecule has 1 unspecified atom stereocenters. The van der Waals surface area contributed by atoms with Crippen molar-refractivity contribution in [3.8, 4) is 0 Å². The Balaban J connectivity index is 1.82. The van der Waals surface area contributed by atoms with Crippen molar-refractivity contribution >= 4 is 34.6 Å². The van der Waals surface area contributed by atoms with Crippen molar-refractivity contribution in [2.24, 2.45) is 11.7 Å². The first kappa shape index (κ1) is 28.0. The van der Waals surface area contributed by atoms with Crippen LogP contribution in [-0.2, 0) is 22.1 Å². The number of carbonyl (C=O) groups is 3. The number of nitrogens with one attached hydrogen (secondary N) is 3. The van der Waals surface area contributed by atoms with Crippen LogP contribution in [0.1, 0.15) is 38.1 Å². The second-order valence-corrected chi connectivity index (χ2v) is 8.89. The van der Waals surface area contributed by atoms with Gasteiger partial charge in [0, 0.05) is 17.7 Å². The van der Waals surface area contributed by atoms with Gasteiger partial charge in [-0.1, -0.05) is 32.1 Å². The molecule has 1 atom stereocenters. The first-order valence-electron chi connectivity index (χ1n) is 11.7. The summed E-state index contributed by atoms with van der Waals surface area (Å²) in [5, 5.41) is 13.5. The van der Waals surface area contributed by atoms with Gasteiger partial charge in [-0.15, -0.1) is 0 Å². The SMILES string of the molecule is CC(C)C(F)(F)c1cccc2[nH]c(Cn3cccc(NC(=O)C(CC/C=C/C(N)=O)NC(=O)O)c3=O)nc12. The van der Waals surface area contributed by atoms with Gasteiger partial charge in [0.25, 0.3) is 11.5 Å². The van der Waals surface area contributed by atoms with Gasteiger partial charge in [-0.05, 0) is 37.1 Å². The Morgan fingerprint density at radius 2 is 1.97 bits per heavy atom. The van der Waals surface area contributed by atoms with Crippen LogP contribution >= 0.6 is 0 Å². The number of fused-ring (bicyclic) bond motifs is 1. The first-order chi connectivity index (χ1) is 17.9. The smallest absolute Gasteiger partial charge is 0.405 e. The molecule has 0 aliphatic heterocycles. The number of carbonyl (C=O) groups excluding carboxylic acids is 2. The average Bonchev–Trinajstić information content (AvgIpc) is 3.25. The predicted octanol–water partition coefficient (Wildman–Crippen LogP) is 2.92. The van der Waals surface area contributed by atoms with E-state index in [0.717, 1.165) is 6.08 Å². The van der Waals surface area contributed by atoms with Gasteiger partial charge in [0.1, 0.15) is 17.6 Å². The summed E-state index contributed by atoms with van der Waals surface area (Å²) >= 11 is 0. The van der Waals surface area contributed by atoms with Crippen molar-refractivity contribution in [1.82, 2.24) is 19.9 Å². The average molecular weight is 531 g/mol. The number of pyridine rings is 1. The van der Waals surface area contributed by atoms with Gasteiger partial charge >= 0.3 is 6.09 Å². The Kier molecular flexibility index (Phi) is 8.61. The third-order valence-electron chi connectivity index (χ3n) is 5.76. The van der Waals surface area contributed by atoms with E-state index in [2.05, 4.69) is 20.6 Å². The molecule has 38 heavy (non-hydrogen) atoms. The lowest BCUT2D eigenvalue weighted by molar-refractivity contribution is -0.118. The Hall–Kier alpha value is -4.55. The quantitative estimate of drug-likeness (QED) is 0.238. The molecule has 11 nitrogen and oxygen atoms in total. The number of aromatic nitrogens is 3. The number of primary amides is 1. The number of anilines is 1. The number of imidazole rings is 1. The summed E-state index contributed by atoms with van der Waals surface area (Å²) in [6, 6.07) is 6.06. The largest absolute Gasteiger partial charge is 0.465 e. The summed E-state index contributed by atoms with van der Waals surface area (Å²) in [6.45, 7) is 2.73. The topological polar surface area (TPSA) is 172 Å². The van der Waals surface area contributed by atoms with E-state index in [9.17, 15) is 28.0 Å². The van der Waals surface area contributed by atoms with Gasteiger partial charge in [0.2, 0.25) is 11.8 Å². The number of benzene rings is 1. The predicted molar refractivity (Wildman–Crippen MR) is 136 cm³/mol. The number of allylic oxidation sites excluding steroid dienone is 1. The lowest BCUT2D eigenvalue weighted by Crippen LogP contribution is -2.44. The molecule has 0 spiro atoms. The summed E-state index contributed by atoms with van der Waals surface area (Å²) in [5.74, 6) is -5.27. The van der Waals surface area contributed by atoms with E-state index in [1.807, 2.05) is 0 Å². The van der Waals surface area contributed by atoms with E-state index in [1.165, 1.54) is 55.0 Å². The van der Waals surface area contributed by atoms with E-state index >= 15 is 0 Å². The molecule has 3 rings (SSSR count). The Morgan fingerprint density at radius 3 is 2.63 bits per heavy atom. The van der Waals surface area contributed by atoms with Crippen LogP contribution in [-0.4, -0.2) is 43.6 Å². The van der Waals surface area contributed by atoms with Crippen LogP contribution in [0.5, 0.6) is 0 Å². The second kappa shape index (κ2) is 11.7. The van der Waals surface area contributed by atoms with Crippen LogP contribution in [0.2, 0.25) is 0 Å². The molecule has 0 saturated carbocycles. The van der Waals surface area contributed by atoms with Crippen LogP contribution in [0.4, 0.5) is 19.3 Å². The molecule has 2 aromatic heterocycles. The maximum Gasteiger partial charge on any atom is 0.405 e. The molecule has 0 aliphatic rings. The fourth-order valence-corrected chi connectivity index (χ4v) is 3.76. The lowest BCUT2D eigenvalue weighted by Gasteiger charge is -2.20. The zero-order valence-corrected chi connectivity index (χ0v) is 20.7. The fraction of sp³-hybridized carbons (Fsp3) is 0.320. The van der Waals surface area contributed by atoms with Crippen molar-refractivity contribution in [2.45, 2.75) is 45.2 Å². The van der Waals surface area contributed by atoms with Crippen LogP contribution in [0.25, 0.3) is 11.0 Å². The number of halogens is 2. The lowest BCUT2D eigenvalue weighted by atomic mass is 9.97. The van der Waals surface area contributed by atoms with Gasteiger partial charge < -0.3 is 31.0 Å². The highest BCUT2D eigenvalue weighted by Crippen LogP contribution is 2.38. The second-order valence-electron chi connectivity index (χ2n) is 8.89. The summed E-state index contributed by atoms with van der Waals surface area (Å²) in [6.07, 6.45) is 2.67. The number of aromatic amines is 1. The zero-order chi connectivity index (χ0) is 28.0. The van der Waals surface area contributed by atoms with Gasteiger partial charge in [-0.2, -0.15) is 0 Å². The monoisotopic (exact) mass is 530 g/mol. The molecule has 0 saturated heterocycles. The highest BCUT2D eigenvalue weighted by atomic mass is 19.3. The number of amides is 3. The minimum Gasteiger partial charge on any atom is -0.465 e. The number of alkyl halides is 2. The molecule has 2 heterocycles. The first-order valence-corrected chi connectivity index (χ1v) is 11.7. The normalized spacial score (nSPS) is 12.7. The number of rotatable bonds is 11. The van der Waals surface area contributed by atoms with E-state index in [-0.39, 0.29) is 42.0 Å². The number of hydrogen-bond acceptors (Lipinski definition) is 5. The van der Waals surface area contributed by atoms with E-state index in [1.54, 1.807) is 6.07 Å². The molecule has 13 heteroatoms. The van der Waals surface area contributed by atoms with Crippen LogP contribution in [0.3, 0.4) is 0 Å². The Labute approximate surface area is 215 Å². The minimum atomic E-state index is -3.11. The Bertz CT molecular complexity index is 1430. The summed E-state index contributed by atoms with van der Waals surface area (Å²) in [5.41, 5.74) is 4.55. The summed E-state index contributed by atoms with van der Waals surface area (Å²) < 4.78 is 30.7. The van der Waals surface area contributed by atoms with Crippen molar-refractivity contribution in [3.05, 3.63) is 70.4 Å². The van der Waals surface area contributed by atoms with E-state index in [0.29, 0.717) is 5.52 Å². The summed E-state index contributed by atoms with van der Waals surface area (Å²) in [7, 11) is 0. The highest BCUT2D eigenvalue weighted by molar-refractivity contribution is 5.96. The molecule has 3 aromatic rings. The van der Waals surface area contributed by atoms with Crippen LogP contribution < -0.4 is 21.9 Å². The van der Waals surface area contributed by atoms with Crippen molar-refractivity contribution in [1.29, 1.82) is 0 Å². The molecule has 6 N–H and O–H groups in total. The number of carboxylic acid groups (broad SMARTS) is 1. The molecule has 202 valence electrons. The number of para-hydroxylation sites is 1. The van der Waals surface area contributed by atoms with Crippen molar-refractivity contribution in [3.63, 3.8) is 0 Å². The fourth-order valence-electron chi connectivity index (χ4n) is 3.76. The van der Waals surface area contributed by atoms with Crippen LogP contribution in [0.15, 0.2) is 53.5 Å². The van der Waals surface area contributed by atoms with Crippen molar-refractivity contribution < 1.29 is 28.3 Å². The summed E-state index contributed by atoms with van der Waals surface area (Å²) in [4.78, 5) is 54.9. The minimum absolute atomic E-state index is 0.00522. The molecule has 0 radical (unpaired) electrons. The number of nitrogens with two attached hydrogens (primary N) is 1. The maximum absolute atomic E-state index is 14.7. The zero-order valence-electron chi connectivity index (χ0n) is 20.7. The van der Waals surface area contributed by atoms with Gasteiger partial charge in [-0.3, -0.25) is 14.4 Å². The van der Waals surface area contributed by atoms with E-state index in [4.69, 9.17) is 10.8 Å². The number of nitrogens with zero attached hydrogens (tertiary/aromatic N) is 2. The van der Waals surface area contributed by atoms with Crippen molar-refractivity contribution in [2.75, 3.05) is 5.32 Å². The standard InChI is InChI=1S/C25H28F2N6O5/c1-14(2)25(26,27)15-7-5-9-16-21(15)32-20(29-16)13-33-12-6-10-18(23(33)36)30-22(35)17(31-24(37)38)8-3-4-11-19(28)34/h4-7,9-12,14,17,31H,3,8,13H2,1-2H3,(H2,28,34)(H,29,32)(H,30,35)(H,37,38)/b11-4+. The highest BCUT2D eigenvalue weighted by Gasteiger charge is 2.37. The molecular formula is C25H28F2N6O5. The molecular weight excluding hydrogens is 502 g/mol. The molecule has 3 amide bonds. The maximum atomic E-state index is 14.7. The van der Waals surface area contributed by atoms with Gasteiger partial charge in [-0.25, -0.2) is 18.6 Å². The number of hydrogen-bond donors (Lipinski definition) is 5. The van der Waals surface area contributed by atoms with Gasteiger partial charge in [0.05, 0.1) is 17.6 Å².